The minimum atomic E-state index is -0.742. The molecule has 0 aliphatic carbocycles. The van der Waals surface area contributed by atoms with E-state index in [-0.39, 0.29) is 46.4 Å². The number of ether oxygens (including phenoxy) is 1. The van der Waals surface area contributed by atoms with Crippen molar-refractivity contribution in [3.8, 4) is 40.0 Å². The Bertz CT molecular complexity index is 1620. The van der Waals surface area contributed by atoms with Gasteiger partial charge in [-0.2, -0.15) is 5.26 Å². The van der Waals surface area contributed by atoms with Crippen LogP contribution in [0.25, 0.3) is 22.4 Å². The smallest absolute Gasteiger partial charge is 0.260 e. The molecule has 0 saturated carbocycles. The molecule has 11 heteroatoms. The van der Waals surface area contributed by atoms with Gasteiger partial charge in [-0.25, -0.2) is 9.37 Å². The summed E-state index contributed by atoms with van der Waals surface area (Å²) < 4.78 is 19.0. The molecule has 3 aromatic carbocycles. The number of phenolic OH excluding ortho intramolecular Hbond substituents is 1. The number of hydrogen-bond acceptors (Lipinski definition) is 7. The maximum atomic E-state index is 13.7. The zero-order valence-corrected chi connectivity index (χ0v) is 22.3. The average molecular weight is 562 g/mol. The lowest BCUT2D eigenvalue weighted by atomic mass is 9.97. The molecule has 0 fully saturated rings. The second-order valence-corrected chi connectivity index (χ2v) is 8.57. The number of anilines is 2. The maximum absolute atomic E-state index is 13.7. The Balaban J connectivity index is 0.00000441. The average Bonchev–Trinajstić information content (AvgIpc) is 2.92. The summed E-state index contributed by atoms with van der Waals surface area (Å²) in [5, 5.41) is 25.9. The van der Waals surface area contributed by atoms with E-state index in [1.807, 2.05) is 0 Å². The van der Waals surface area contributed by atoms with E-state index >= 15 is 0 Å². The fraction of sp³-hybridized carbons (Fsp3) is 0.103. The van der Waals surface area contributed by atoms with Gasteiger partial charge in [0.15, 0.2) is 5.82 Å². The lowest BCUT2D eigenvalue weighted by molar-refractivity contribution is -0.117. The molecule has 0 saturated heterocycles. The van der Waals surface area contributed by atoms with Crippen LogP contribution in [-0.4, -0.2) is 35.1 Å². The number of nitrogens with one attached hydrogen (secondary N) is 2. The number of nitrogens with two attached hydrogens (primary N) is 1. The highest BCUT2D eigenvalue weighted by Gasteiger charge is 2.21. The van der Waals surface area contributed by atoms with Crippen molar-refractivity contribution in [2.45, 2.75) is 13.0 Å². The minimum Gasteiger partial charge on any atom is -0.507 e. The SMILES string of the molecule is COc1ccccc1C(=O)Nc1nc(-c2ccc(F)cc2O)cc(-c2cccc(NC(=O)C(C)N)c2)c1C#N.Cl. The van der Waals surface area contributed by atoms with E-state index in [1.165, 1.54) is 19.2 Å². The summed E-state index contributed by atoms with van der Waals surface area (Å²) >= 11 is 0. The van der Waals surface area contributed by atoms with Gasteiger partial charge in [0, 0.05) is 22.9 Å². The quantitative estimate of drug-likeness (QED) is 0.245. The maximum Gasteiger partial charge on any atom is 0.260 e. The standard InChI is InChI=1S/C29H24FN5O4.ClH/c1-16(32)28(37)33-19-7-5-6-17(12-19)22-14-24(20-11-10-18(30)13-25(20)36)34-27(23(22)15-31)35-29(38)21-8-3-4-9-26(21)39-2;/h3-14,16,36H,32H2,1-2H3,(H,33,37)(H,34,35,38);1H. The zero-order valence-electron chi connectivity index (χ0n) is 21.4. The predicted octanol–water partition coefficient (Wildman–Crippen LogP) is 5.10. The van der Waals surface area contributed by atoms with Gasteiger partial charge in [0.05, 0.1) is 24.4 Å². The van der Waals surface area contributed by atoms with Crippen LogP contribution in [0, 0.1) is 17.1 Å². The molecular weight excluding hydrogens is 537 g/mol. The fourth-order valence-corrected chi connectivity index (χ4v) is 3.86. The van der Waals surface area contributed by atoms with E-state index in [4.69, 9.17) is 10.5 Å². The molecule has 1 aromatic heterocycles. The molecule has 4 aromatic rings. The van der Waals surface area contributed by atoms with Gasteiger partial charge in [-0.1, -0.05) is 24.3 Å². The van der Waals surface area contributed by atoms with Crippen molar-refractivity contribution in [2.75, 3.05) is 17.7 Å². The number of rotatable bonds is 7. The number of methoxy groups -OCH3 is 1. The number of para-hydroxylation sites is 1. The summed E-state index contributed by atoms with van der Waals surface area (Å²) in [6.07, 6.45) is 0. The lowest BCUT2D eigenvalue weighted by Gasteiger charge is -2.16. The number of pyridine rings is 1. The summed E-state index contributed by atoms with van der Waals surface area (Å²) in [5.41, 5.74) is 7.53. The highest BCUT2D eigenvalue weighted by molar-refractivity contribution is 6.07. The van der Waals surface area contributed by atoms with Crippen molar-refractivity contribution in [1.82, 2.24) is 4.98 Å². The first-order valence-corrected chi connectivity index (χ1v) is 11.8. The summed E-state index contributed by atoms with van der Waals surface area (Å²) in [6.45, 7) is 1.55. The molecule has 0 bridgehead atoms. The van der Waals surface area contributed by atoms with Crippen LogP contribution in [0.5, 0.6) is 11.5 Å². The topological polar surface area (TPSA) is 150 Å². The molecule has 40 heavy (non-hydrogen) atoms. The van der Waals surface area contributed by atoms with Crippen LogP contribution in [-0.2, 0) is 4.79 Å². The van der Waals surface area contributed by atoms with Crippen LogP contribution in [0.2, 0.25) is 0 Å². The van der Waals surface area contributed by atoms with Crippen molar-refractivity contribution in [3.63, 3.8) is 0 Å². The molecule has 204 valence electrons. The Kier molecular flexibility index (Phi) is 9.40. The summed E-state index contributed by atoms with van der Waals surface area (Å²) in [7, 11) is 1.43. The summed E-state index contributed by atoms with van der Waals surface area (Å²) in [5.74, 6) is -1.77. The van der Waals surface area contributed by atoms with E-state index in [0.717, 1.165) is 12.1 Å². The van der Waals surface area contributed by atoms with Gasteiger partial charge in [0.2, 0.25) is 5.91 Å². The highest BCUT2D eigenvalue weighted by atomic mass is 35.5. The van der Waals surface area contributed by atoms with Gasteiger partial charge in [-0.3, -0.25) is 9.59 Å². The number of carbonyl (C=O) groups is 2. The number of carbonyl (C=O) groups excluding carboxylic acids is 2. The Morgan fingerprint density at radius 3 is 2.48 bits per heavy atom. The number of phenols is 1. The second kappa shape index (κ2) is 12.7. The molecule has 2 amide bonds. The second-order valence-electron chi connectivity index (χ2n) is 8.57. The first-order chi connectivity index (χ1) is 18.7. The molecule has 9 nitrogen and oxygen atoms in total. The molecule has 1 heterocycles. The van der Waals surface area contributed by atoms with Gasteiger partial charge in [0.25, 0.3) is 5.91 Å². The Labute approximate surface area is 235 Å². The molecule has 1 atom stereocenters. The van der Waals surface area contributed by atoms with Gasteiger partial charge in [0.1, 0.15) is 28.9 Å². The van der Waals surface area contributed by atoms with E-state index in [0.29, 0.717) is 22.6 Å². The van der Waals surface area contributed by atoms with Gasteiger partial charge >= 0.3 is 0 Å². The fourth-order valence-electron chi connectivity index (χ4n) is 3.86. The zero-order chi connectivity index (χ0) is 28.1. The Hall–Kier alpha value is -4.98. The summed E-state index contributed by atoms with van der Waals surface area (Å²) in [4.78, 5) is 29.8. The number of halogens is 2. The first-order valence-electron chi connectivity index (χ1n) is 11.8. The van der Waals surface area contributed by atoms with Crippen LogP contribution < -0.4 is 21.1 Å². The molecule has 0 radical (unpaired) electrons. The number of nitrogens with zero attached hydrogens (tertiary/aromatic N) is 2. The monoisotopic (exact) mass is 561 g/mol. The minimum absolute atomic E-state index is 0. The van der Waals surface area contributed by atoms with Gasteiger partial charge in [-0.15, -0.1) is 12.4 Å². The Morgan fingerprint density at radius 2 is 1.80 bits per heavy atom. The number of aromatic nitrogens is 1. The Morgan fingerprint density at radius 1 is 1.05 bits per heavy atom. The van der Waals surface area contributed by atoms with Crippen molar-refractivity contribution in [1.29, 1.82) is 5.26 Å². The lowest BCUT2D eigenvalue weighted by Crippen LogP contribution is -2.32. The molecule has 5 N–H and O–H groups in total. The number of amides is 2. The van der Waals surface area contributed by atoms with Crippen LogP contribution in [0.15, 0.2) is 72.8 Å². The number of aromatic hydroxyl groups is 1. The molecule has 0 aliphatic heterocycles. The normalized spacial score (nSPS) is 11.0. The number of hydrogen-bond donors (Lipinski definition) is 4. The number of nitriles is 1. The third-order valence-electron chi connectivity index (χ3n) is 5.81. The van der Waals surface area contributed by atoms with E-state index in [9.17, 15) is 24.3 Å². The van der Waals surface area contributed by atoms with Crippen LogP contribution >= 0.6 is 12.4 Å². The third kappa shape index (κ3) is 6.35. The number of benzene rings is 3. The predicted molar refractivity (Wildman–Crippen MR) is 152 cm³/mol. The van der Waals surface area contributed by atoms with E-state index in [1.54, 1.807) is 55.5 Å². The molecule has 1 unspecified atom stereocenters. The van der Waals surface area contributed by atoms with Crippen LogP contribution in [0.3, 0.4) is 0 Å². The molecule has 0 aliphatic rings. The molecule has 4 rings (SSSR count). The summed E-state index contributed by atoms with van der Waals surface area (Å²) in [6, 6.07) is 19.6. The highest BCUT2D eigenvalue weighted by Crippen LogP contribution is 2.36. The third-order valence-corrected chi connectivity index (χ3v) is 5.81. The van der Waals surface area contributed by atoms with Crippen molar-refractivity contribution >= 4 is 35.7 Å². The van der Waals surface area contributed by atoms with Crippen molar-refractivity contribution in [3.05, 3.63) is 89.7 Å². The first kappa shape index (κ1) is 29.6. The van der Waals surface area contributed by atoms with Gasteiger partial charge in [-0.05, 0) is 55.0 Å². The molecular formula is C29H25ClFN5O4. The van der Waals surface area contributed by atoms with Crippen molar-refractivity contribution in [2.24, 2.45) is 5.73 Å². The van der Waals surface area contributed by atoms with Crippen LogP contribution in [0.4, 0.5) is 15.9 Å². The largest absolute Gasteiger partial charge is 0.507 e. The van der Waals surface area contributed by atoms with E-state index < -0.39 is 23.7 Å². The van der Waals surface area contributed by atoms with Gasteiger partial charge < -0.3 is 26.2 Å². The molecule has 0 spiro atoms. The van der Waals surface area contributed by atoms with E-state index in [2.05, 4.69) is 21.7 Å². The van der Waals surface area contributed by atoms with Crippen LogP contribution in [0.1, 0.15) is 22.8 Å². The van der Waals surface area contributed by atoms with Crippen molar-refractivity contribution < 1.29 is 23.8 Å².